The molecule has 1 unspecified atom stereocenters. The predicted molar refractivity (Wildman–Crippen MR) is 86.3 cm³/mol. The lowest BCUT2D eigenvalue weighted by Gasteiger charge is -2.39. The Morgan fingerprint density at radius 2 is 1.93 bits per heavy atom. The number of alkyl halides is 5. The standard InChI is InChI=1S/C17H22F5N3O2/c1-15(2,3)27-14(26)25-7-6-16(18,19)8-12(25)5-4-11-9-24-13(10-23-11)17(20,21)22/h9-10,12H,4-8H2,1-3H3. The van der Waals surface area contributed by atoms with Gasteiger partial charge in [0.1, 0.15) is 5.60 Å². The molecule has 0 saturated carbocycles. The number of ether oxygens (including phenoxy) is 1. The largest absolute Gasteiger partial charge is 0.444 e. The van der Waals surface area contributed by atoms with Gasteiger partial charge in [-0.15, -0.1) is 0 Å². The lowest BCUT2D eigenvalue weighted by Crippen LogP contribution is -2.51. The van der Waals surface area contributed by atoms with Crippen LogP contribution in [-0.2, 0) is 17.3 Å². The molecule has 0 spiro atoms. The number of hydrogen-bond donors (Lipinski definition) is 0. The molecule has 0 aromatic carbocycles. The number of carbonyl (C=O) groups excluding carboxylic acids is 1. The minimum atomic E-state index is -4.59. The summed E-state index contributed by atoms with van der Waals surface area (Å²) in [6, 6.07) is -0.798. The number of amides is 1. The highest BCUT2D eigenvalue weighted by Crippen LogP contribution is 2.34. The number of hydrogen-bond acceptors (Lipinski definition) is 4. The molecule has 152 valence electrons. The van der Waals surface area contributed by atoms with Gasteiger partial charge in [0.2, 0.25) is 0 Å². The van der Waals surface area contributed by atoms with Gasteiger partial charge in [-0.1, -0.05) is 0 Å². The maximum absolute atomic E-state index is 13.8. The van der Waals surface area contributed by atoms with Crippen LogP contribution in [0.4, 0.5) is 26.7 Å². The van der Waals surface area contributed by atoms with E-state index < -0.39 is 48.4 Å². The fraction of sp³-hybridized carbons (Fsp3) is 0.706. The maximum Gasteiger partial charge on any atom is 0.434 e. The van der Waals surface area contributed by atoms with Crippen LogP contribution < -0.4 is 0 Å². The van der Waals surface area contributed by atoms with Crippen LogP contribution >= 0.6 is 0 Å². The Bertz CT molecular complexity index is 656. The van der Waals surface area contributed by atoms with Crippen LogP contribution in [0.25, 0.3) is 0 Å². The second kappa shape index (κ2) is 7.55. The molecule has 0 radical (unpaired) electrons. The van der Waals surface area contributed by atoms with Crippen molar-refractivity contribution in [2.45, 2.75) is 70.2 Å². The van der Waals surface area contributed by atoms with Gasteiger partial charge in [0, 0.05) is 31.6 Å². The van der Waals surface area contributed by atoms with Crippen LogP contribution in [0.5, 0.6) is 0 Å². The third kappa shape index (κ3) is 6.28. The fourth-order valence-corrected chi connectivity index (χ4v) is 2.79. The average Bonchev–Trinajstić information content (AvgIpc) is 2.50. The van der Waals surface area contributed by atoms with E-state index in [4.69, 9.17) is 4.74 Å². The summed E-state index contributed by atoms with van der Waals surface area (Å²) in [5.41, 5.74) is -1.65. The monoisotopic (exact) mass is 395 g/mol. The zero-order valence-corrected chi connectivity index (χ0v) is 15.3. The van der Waals surface area contributed by atoms with Crippen LogP contribution in [0.2, 0.25) is 0 Å². The Kier molecular flexibility index (Phi) is 5.96. The minimum Gasteiger partial charge on any atom is -0.444 e. The molecule has 27 heavy (non-hydrogen) atoms. The molecule has 1 saturated heterocycles. The van der Waals surface area contributed by atoms with E-state index in [-0.39, 0.29) is 25.1 Å². The van der Waals surface area contributed by atoms with Gasteiger partial charge in [0.25, 0.3) is 5.92 Å². The van der Waals surface area contributed by atoms with E-state index in [9.17, 15) is 26.7 Å². The van der Waals surface area contributed by atoms with Gasteiger partial charge in [-0.25, -0.2) is 18.6 Å². The summed E-state index contributed by atoms with van der Waals surface area (Å²) in [6.45, 7) is 4.88. The van der Waals surface area contributed by atoms with E-state index in [1.807, 2.05) is 0 Å². The van der Waals surface area contributed by atoms with Crippen molar-refractivity contribution in [1.82, 2.24) is 14.9 Å². The van der Waals surface area contributed by atoms with Crippen LogP contribution in [-0.4, -0.2) is 45.1 Å². The molecule has 5 nitrogen and oxygen atoms in total. The van der Waals surface area contributed by atoms with E-state index >= 15 is 0 Å². The smallest absolute Gasteiger partial charge is 0.434 e. The summed E-state index contributed by atoms with van der Waals surface area (Å²) in [5.74, 6) is -2.91. The van der Waals surface area contributed by atoms with E-state index in [1.54, 1.807) is 20.8 Å². The highest BCUT2D eigenvalue weighted by Gasteiger charge is 2.43. The summed E-state index contributed by atoms with van der Waals surface area (Å²) in [6.07, 6.45) is -4.44. The minimum absolute atomic E-state index is 0.116. The van der Waals surface area contributed by atoms with Crippen LogP contribution in [0.1, 0.15) is 51.4 Å². The SMILES string of the molecule is CC(C)(C)OC(=O)N1CCC(F)(F)CC1CCc1cnc(C(F)(F)F)cn1. The van der Waals surface area contributed by atoms with Gasteiger partial charge >= 0.3 is 12.3 Å². The van der Waals surface area contributed by atoms with E-state index in [0.717, 1.165) is 6.20 Å². The first kappa shape index (κ1) is 21.3. The number of halogens is 5. The third-order valence-electron chi connectivity index (χ3n) is 4.05. The second-order valence-corrected chi connectivity index (χ2v) is 7.57. The first-order valence-electron chi connectivity index (χ1n) is 8.52. The quantitative estimate of drug-likeness (QED) is 0.709. The molecule has 0 aliphatic carbocycles. The van der Waals surface area contributed by atoms with Gasteiger partial charge in [0.15, 0.2) is 5.69 Å². The van der Waals surface area contributed by atoms with Gasteiger partial charge in [-0.3, -0.25) is 4.98 Å². The molecule has 10 heteroatoms. The number of likely N-dealkylation sites (tertiary alicyclic amines) is 1. The van der Waals surface area contributed by atoms with Crippen molar-refractivity contribution >= 4 is 6.09 Å². The Morgan fingerprint density at radius 3 is 2.44 bits per heavy atom. The van der Waals surface area contributed by atoms with Gasteiger partial charge in [0.05, 0.1) is 11.9 Å². The molecule has 1 amide bonds. The van der Waals surface area contributed by atoms with Crippen LogP contribution in [0.3, 0.4) is 0 Å². The normalized spacial score (nSPS) is 20.4. The Morgan fingerprint density at radius 1 is 1.26 bits per heavy atom. The zero-order valence-electron chi connectivity index (χ0n) is 15.3. The molecule has 2 heterocycles. The van der Waals surface area contributed by atoms with Gasteiger partial charge in [-0.2, -0.15) is 13.2 Å². The summed E-state index contributed by atoms with van der Waals surface area (Å²) < 4.78 is 70.4. The molecular formula is C17H22F5N3O2. The van der Waals surface area contributed by atoms with Gasteiger partial charge in [-0.05, 0) is 33.6 Å². The molecule has 1 fully saturated rings. The zero-order chi connectivity index (χ0) is 20.5. The lowest BCUT2D eigenvalue weighted by molar-refractivity contribution is -0.141. The molecule has 1 atom stereocenters. The summed E-state index contributed by atoms with van der Waals surface area (Å²) in [4.78, 5) is 20.6. The molecule has 1 aromatic rings. The van der Waals surface area contributed by atoms with Crippen molar-refractivity contribution in [1.29, 1.82) is 0 Å². The molecule has 0 bridgehead atoms. The number of aromatic nitrogens is 2. The molecular weight excluding hydrogens is 373 g/mol. The Labute approximate surface area is 153 Å². The van der Waals surface area contributed by atoms with E-state index in [1.165, 1.54) is 4.90 Å². The highest BCUT2D eigenvalue weighted by atomic mass is 19.4. The van der Waals surface area contributed by atoms with Crippen molar-refractivity contribution in [3.63, 3.8) is 0 Å². The van der Waals surface area contributed by atoms with Crippen molar-refractivity contribution in [3.8, 4) is 0 Å². The van der Waals surface area contributed by atoms with Crippen LogP contribution in [0.15, 0.2) is 12.4 Å². The number of nitrogens with zero attached hydrogens (tertiary/aromatic N) is 3. The first-order valence-corrected chi connectivity index (χ1v) is 8.52. The molecule has 1 aromatic heterocycles. The van der Waals surface area contributed by atoms with Crippen molar-refractivity contribution in [2.75, 3.05) is 6.54 Å². The second-order valence-electron chi connectivity index (χ2n) is 7.57. The highest BCUT2D eigenvalue weighted by molar-refractivity contribution is 5.68. The fourth-order valence-electron chi connectivity index (χ4n) is 2.79. The van der Waals surface area contributed by atoms with Gasteiger partial charge < -0.3 is 9.64 Å². The first-order chi connectivity index (χ1) is 12.3. The maximum atomic E-state index is 13.8. The number of carbonyl (C=O) groups is 1. The Balaban J connectivity index is 2.06. The van der Waals surface area contributed by atoms with Crippen molar-refractivity contribution in [3.05, 3.63) is 23.8 Å². The molecule has 1 aliphatic rings. The lowest BCUT2D eigenvalue weighted by atomic mass is 9.94. The molecule has 0 N–H and O–H groups in total. The number of aryl methyl sites for hydroxylation is 1. The van der Waals surface area contributed by atoms with E-state index in [2.05, 4.69) is 9.97 Å². The summed E-state index contributed by atoms with van der Waals surface area (Å²) in [7, 11) is 0. The van der Waals surface area contributed by atoms with Crippen molar-refractivity contribution < 1.29 is 31.5 Å². The van der Waals surface area contributed by atoms with Crippen LogP contribution in [0, 0.1) is 0 Å². The third-order valence-corrected chi connectivity index (χ3v) is 4.05. The summed E-state index contributed by atoms with van der Waals surface area (Å²) in [5, 5.41) is 0. The molecule has 2 rings (SSSR count). The predicted octanol–water partition coefficient (Wildman–Crippen LogP) is 4.46. The average molecular weight is 395 g/mol. The van der Waals surface area contributed by atoms with Crippen molar-refractivity contribution in [2.24, 2.45) is 0 Å². The van der Waals surface area contributed by atoms with E-state index in [0.29, 0.717) is 6.20 Å². The molecule has 1 aliphatic heterocycles. The summed E-state index contributed by atoms with van der Waals surface area (Å²) >= 11 is 0. The number of piperidine rings is 1. The number of rotatable bonds is 3. The Hall–Kier alpha value is -2.00. The topological polar surface area (TPSA) is 55.3 Å².